The number of aliphatic hydroxyl groups is 1. The summed E-state index contributed by atoms with van der Waals surface area (Å²) in [5, 5.41) is 9.20. The molecule has 1 nitrogen and oxygen atoms in total. The van der Waals surface area contributed by atoms with Gasteiger partial charge in [0.1, 0.15) is 0 Å². The number of rotatable bonds is 3. The summed E-state index contributed by atoms with van der Waals surface area (Å²) in [7, 11) is 0. The van der Waals surface area contributed by atoms with E-state index in [1.54, 1.807) is 0 Å². The average Bonchev–Trinajstić information content (AvgIpc) is 2.03. The Morgan fingerprint density at radius 2 is 1.83 bits per heavy atom. The molecule has 0 bridgehead atoms. The fourth-order valence-corrected chi connectivity index (χ4v) is 2.21. The number of aliphatic hydroxyl groups excluding tert-OH is 1. The van der Waals surface area contributed by atoms with Gasteiger partial charge in [0, 0.05) is 0 Å². The Morgan fingerprint density at radius 3 is 2.33 bits per heavy atom. The van der Waals surface area contributed by atoms with Crippen molar-refractivity contribution in [2.75, 3.05) is 0 Å². The molecular weight excluding hydrogens is 148 g/mol. The van der Waals surface area contributed by atoms with Gasteiger partial charge >= 0.3 is 0 Å². The largest absolute Gasteiger partial charge is 0.393 e. The Bertz CT molecular complexity index is 123. The van der Waals surface area contributed by atoms with Crippen LogP contribution in [0.5, 0.6) is 0 Å². The highest BCUT2D eigenvalue weighted by Crippen LogP contribution is 2.39. The Hall–Kier alpha value is -0.0400. The summed E-state index contributed by atoms with van der Waals surface area (Å²) in [6, 6.07) is 0. The maximum Gasteiger partial charge on any atom is 0.0512 e. The predicted molar refractivity (Wildman–Crippen MR) is 52.1 cm³/mol. The Balaban J connectivity index is 2.26. The van der Waals surface area contributed by atoms with Crippen LogP contribution in [-0.4, -0.2) is 11.2 Å². The van der Waals surface area contributed by atoms with Gasteiger partial charge in [0.05, 0.1) is 6.10 Å². The van der Waals surface area contributed by atoms with E-state index in [1.165, 1.54) is 38.5 Å². The molecule has 1 fully saturated rings. The molecule has 1 unspecified atom stereocenters. The van der Waals surface area contributed by atoms with E-state index in [2.05, 4.69) is 6.92 Å². The van der Waals surface area contributed by atoms with E-state index in [0.717, 1.165) is 6.42 Å². The van der Waals surface area contributed by atoms with E-state index >= 15 is 0 Å². The normalized spacial score (nSPS) is 25.2. The van der Waals surface area contributed by atoms with Gasteiger partial charge in [-0.3, -0.25) is 0 Å². The van der Waals surface area contributed by atoms with E-state index in [4.69, 9.17) is 0 Å². The van der Waals surface area contributed by atoms with Crippen molar-refractivity contribution in [2.45, 2.75) is 64.9 Å². The minimum Gasteiger partial charge on any atom is -0.393 e. The van der Waals surface area contributed by atoms with Crippen molar-refractivity contribution in [2.24, 2.45) is 5.41 Å². The summed E-state index contributed by atoms with van der Waals surface area (Å²) in [5.41, 5.74) is 0.551. The predicted octanol–water partition coefficient (Wildman–Crippen LogP) is 3.12. The van der Waals surface area contributed by atoms with Gasteiger partial charge in [-0.1, -0.05) is 26.2 Å². The van der Waals surface area contributed by atoms with E-state index in [9.17, 15) is 5.11 Å². The van der Waals surface area contributed by atoms with Crippen molar-refractivity contribution in [1.82, 2.24) is 0 Å². The van der Waals surface area contributed by atoms with Crippen molar-refractivity contribution in [3.8, 4) is 0 Å². The van der Waals surface area contributed by atoms with Crippen LogP contribution in [0, 0.1) is 5.41 Å². The SMILES string of the molecule is CC(O)CCC1(C)CCCCC1. The van der Waals surface area contributed by atoms with Gasteiger partial charge in [0.25, 0.3) is 0 Å². The maximum absolute atomic E-state index is 9.20. The van der Waals surface area contributed by atoms with Crippen LogP contribution in [0.25, 0.3) is 0 Å². The van der Waals surface area contributed by atoms with Crippen LogP contribution in [0.3, 0.4) is 0 Å². The molecule has 0 aromatic carbocycles. The van der Waals surface area contributed by atoms with Gasteiger partial charge in [0.2, 0.25) is 0 Å². The molecular formula is C11H22O. The second-order valence-corrected chi connectivity index (χ2v) is 4.76. The summed E-state index contributed by atoms with van der Waals surface area (Å²) < 4.78 is 0. The standard InChI is InChI=1S/C11H22O/c1-10(12)6-9-11(2)7-4-3-5-8-11/h10,12H,3-9H2,1-2H3. The highest BCUT2D eigenvalue weighted by Gasteiger charge is 2.26. The van der Waals surface area contributed by atoms with Gasteiger partial charge in [0.15, 0.2) is 0 Å². The fourth-order valence-electron chi connectivity index (χ4n) is 2.21. The lowest BCUT2D eigenvalue weighted by atomic mass is 9.72. The molecule has 0 saturated heterocycles. The number of hydrogen-bond donors (Lipinski definition) is 1. The average molecular weight is 170 g/mol. The lowest BCUT2D eigenvalue weighted by Gasteiger charge is -2.34. The molecule has 0 heterocycles. The minimum atomic E-state index is -0.108. The summed E-state index contributed by atoms with van der Waals surface area (Å²) in [6.45, 7) is 4.28. The molecule has 1 saturated carbocycles. The van der Waals surface area contributed by atoms with Crippen LogP contribution >= 0.6 is 0 Å². The summed E-state index contributed by atoms with van der Waals surface area (Å²) >= 11 is 0. The van der Waals surface area contributed by atoms with Crippen LogP contribution in [0.15, 0.2) is 0 Å². The van der Waals surface area contributed by atoms with Crippen molar-refractivity contribution >= 4 is 0 Å². The smallest absolute Gasteiger partial charge is 0.0512 e. The maximum atomic E-state index is 9.20. The molecule has 72 valence electrons. The van der Waals surface area contributed by atoms with Crippen LogP contribution < -0.4 is 0 Å². The molecule has 0 amide bonds. The van der Waals surface area contributed by atoms with Crippen molar-refractivity contribution < 1.29 is 5.11 Å². The molecule has 1 N–H and O–H groups in total. The van der Waals surface area contributed by atoms with E-state index in [0.29, 0.717) is 5.41 Å². The molecule has 1 rings (SSSR count). The topological polar surface area (TPSA) is 20.2 Å². The van der Waals surface area contributed by atoms with E-state index in [1.807, 2.05) is 6.92 Å². The molecule has 0 radical (unpaired) electrons. The lowest BCUT2D eigenvalue weighted by molar-refractivity contribution is 0.131. The zero-order chi connectivity index (χ0) is 9.03. The Labute approximate surface area is 76.2 Å². The molecule has 1 heteroatoms. The first kappa shape index (κ1) is 10.0. The molecule has 0 aliphatic heterocycles. The summed E-state index contributed by atoms with van der Waals surface area (Å²) in [6.07, 6.45) is 9.06. The highest BCUT2D eigenvalue weighted by atomic mass is 16.3. The third-order valence-corrected chi connectivity index (χ3v) is 3.23. The van der Waals surface area contributed by atoms with Gasteiger partial charge in [-0.05, 0) is 38.0 Å². The quantitative estimate of drug-likeness (QED) is 0.690. The fraction of sp³-hybridized carbons (Fsp3) is 1.00. The summed E-state index contributed by atoms with van der Waals surface area (Å²) in [4.78, 5) is 0. The third kappa shape index (κ3) is 3.14. The molecule has 0 aromatic rings. The zero-order valence-electron chi connectivity index (χ0n) is 8.47. The second kappa shape index (κ2) is 4.27. The third-order valence-electron chi connectivity index (χ3n) is 3.23. The first-order chi connectivity index (χ1) is 5.62. The van der Waals surface area contributed by atoms with Crippen LogP contribution in [0.4, 0.5) is 0 Å². The first-order valence-electron chi connectivity index (χ1n) is 5.30. The van der Waals surface area contributed by atoms with Crippen LogP contribution in [0.2, 0.25) is 0 Å². The van der Waals surface area contributed by atoms with E-state index in [-0.39, 0.29) is 6.10 Å². The van der Waals surface area contributed by atoms with Crippen LogP contribution in [-0.2, 0) is 0 Å². The monoisotopic (exact) mass is 170 g/mol. The lowest BCUT2D eigenvalue weighted by Crippen LogP contribution is -2.21. The Morgan fingerprint density at radius 1 is 1.25 bits per heavy atom. The van der Waals surface area contributed by atoms with Gasteiger partial charge in [-0.15, -0.1) is 0 Å². The van der Waals surface area contributed by atoms with Crippen molar-refractivity contribution in [3.05, 3.63) is 0 Å². The van der Waals surface area contributed by atoms with Crippen molar-refractivity contribution in [1.29, 1.82) is 0 Å². The van der Waals surface area contributed by atoms with Crippen molar-refractivity contribution in [3.63, 3.8) is 0 Å². The molecule has 0 aromatic heterocycles. The highest BCUT2D eigenvalue weighted by molar-refractivity contribution is 4.78. The first-order valence-corrected chi connectivity index (χ1v) is 5.30. The van der Waals surface area contributed by atoms with Gasteiger partial charge < -0.3 is 5.11 Å². The minimum absolute atomic E-state index is 0.108. The molecule has 12 heavy (non-hydrogen) atoms. The molecule has 1 aliphatic carbocycles. The molecule has 1 atom stereocenters. The van der Waals surface area contributed by atoms with Crippen LogP contribution in [0.1, 0.15) is 58.8 Å². The molecule has 1 aliphatic rings. The second-order valence-electron chi connectivity index (χ2n) is 4.76. The zero-order valence-corrected chi connectivity index (χ0v) is 8.47. The Kier molecular flexibility index (Phi) is 3.57. The molecule has 0 spiro atoms. The summed E-state index contributed by atoms with van der Waals surface area (Å²) in [5.74, 6) is 0. The van der Waals surface area contributed by atoms with Gasteiger partial charge in [-0.2, -0.15) is 0 Å². The van der Waals surface area contributed by atoms with E-state index < -0.39 is 0 Å². The number of hydrogen-bond acceptors (Lipinski definition) is 1. The van der Waals surface area contributed by atoms with Gasteiger partial charge in [-0.25, -0.2) is 0 Å².